The van der Waals surface area contributed by atoms with Crippen LogP contribution in [0.4, 0.5) is 0 Å². The minimum absolute atomic E-state index is 0.111. The van der Waals surface area contributed by atoms with Crippen molar-refractivity contribution in [3.63, 3.8) is 0 Å². The van der Waals surface area contributed by atoms with Crippen LogP contribution in [0, 0.1) is 5.92 Å². The van der Waals surface area contributed by atoms with Crippen LogP contribution in [0.5, 0.6) is 0 Å². The van der Waals surface area contributed by atoms with E-state index in [1.165, 1.54) is 12.5 Å². The minimum Gasteiger partial charge on any atom is -0.342 e. The molecule has 0 N–H and O–H groups in total. The molecular formula is C20H26N4O3S. The largest absolute Gasteiger partial charge is 0.342 e. The van der Waals surface area contributed by atoms with E-state index in [1.807, 2.05) is 24.8 Å². The first-order valence-electron chi connectivity index (χ1n) is 9.52. The fraction of sp³-hybridized carbons (Fsp3) is 0.500. The molecule has 7 nitrogen and oxygen atoms in total. The van der Waals surface area contributed by atoms with Crippen molar-refractivity contribution in [3.05, 3.63) is 36.3 Å². The number of likely N-dealkylation sites (tertiary alicyclic amines) is 1. The second-order valence-electron chi connectivity index (χ2n) is 7.71. The number of hydrogen-bond acceptors (Lipinski definition) is 6. The Balaban J connectivity index is 1.97. The number of carbonyl (C=O) groups excluding carboxylic acids is 1. The van der Waals surface area contributed by atoms with E-state index in [0.717, 1.165) is 12.8 Å². The predicted octanol–water partition coefficient (Wildman–Crippen LogP) is 2.69. The Hall–Kier alpha value is -2.35. The van der Waals surface area contributed by atoms with E-state index in [0.29, 0.717) is 36.7 Å². The van der Waals surface area contributed by atoms with E-state index < -0.39 is 9.84 Å². The molecule has 150 valence electrons. The third kappa shape index (κ3) is 4.73. The molecule has 2 aromatic heterocycles. The van der Waals surface area contributed by atoms with E-state index in [-0.39, 0.29) is 22.6 Å². The maximum Gasteiger partial charge on any atom is 0.222 e. The van der Waals surface area contributed by atoms with Crippen LogP contribution < -0.4 is 0 Å². The standard InChI is InChI=1S/C20H26N4O3S/c1-14(2)11-18(25)24-10-6-7-15(13-24)19-17(28(3,26)27)12-22-20(23-19)16-8-4-5-9-21-16/h4-5,8-9,12,14-15H,6-7,10-11,13H2,1-3H3/t15-/m1/s1. The average molecular weight is 403 g/mol. The maximum atomic E-state index is 12.5. The smallest absolute Gasteiger partial charge is 0.222 e. The van der Waals surface area contributed by atoms with Crippen molar-refractivity contribution in [3.8, 4) is 11.5 Å². The lowest BCUT2D eigenvalue weighted by molar-refractivity contribution is -0.133. The van der Waals surface area contributed by atoms with Crippen molar-refractivity contribution in [2.75, 3.05) is 19.3 Å². The average Bonchev–Trinajstić information content (AvgIpc) is 2.67. The van der Waals surface area contributed by atoms with Crippen LogP contribution >= 0.6 is 0 Å². The zero-order chi connectivity index (χ0) is 20.3. The maximum absolute atomic E-state index is 12.5. The van der Waals surface area contributed by atoms with Crippen molar-refractivity contribution in [2.45, 2.75) is 43.9 Å². The fourth-order valence-corrected chi connectivity index (χ4v) is 4.32. The molecule has 0 spiro atoms. The third-order valence-corrected chi connectivity index (χ3v) is 5.93. The minimum atomic E-state index is -3.49. The molecule has 3 heterocycles. The van der Waals surface area contributed by atoms with Crippen LogP contribution in [-0.2, 0) is 14.6 Å². The first-order valence-corrected chi connectivity index (χ1v) is 11.4. The highest BCUT2D eigenvalue weighted by atomic mass is 32.2. The molecule has 0 unspecified atom stereocenters. The number of piperidine rings is 1. The normalized spacial score (nSPS) is 17.7. The topological polar surface area (TPSA) is 93.1 Å². The number of aromatic nitrogens is 3. The Morgan fingerprint density at radius 3 is 2.71 bits per heavy atom. The summed E-state index contributed by atoms with van der Waals surface area (Å²) in [6.45, 7) is 5.22. The number of amides is 1. The zero-order valence-corrected chi connectivity index (χ0v) is 17.3. The van der Waals surface area contributed by atoms with E-state index in [4.69, 9.17) is 0 Å². The number of carbonyl (C=O) groups is 1. The third-order valence-electron chi connectivity index (χ3n) is 4.82. The lowest BCUT2D eigenvalue weighted by atomic mass is 9.93. The highest BCUT2D eigenvalue weighted by Crippen LogP contribution is 2.31. The second-order valence-corrected chi connectivity index (χ2v) is 9.69. The molecule has 0 aromatic carbocycles. The van der Waals surface area contributed by atoms with E-state index in [1.54, 1.807) is 18.3 Å². The lowest BCUT2D eigenvalue weighted by Gasteiger charge is -2.33. The molecule has 0 saturated carbocycles. The van der Waals surface area contributed by atoms with Gasteiger partial charge in [-0.2, -0.15) is 0 Å². The second kappa shape index (κ2) is 8.34. The Labute approximate surface area is 166 Å². The van der Waals surface area contributed by atoms with E-state index in [9.17, 15) is 13.2 Å². The summed E-state index contributed by atoms with van der Waals surface area (Å²) in [7, 11) is -3.49. The van der Waals surface area contributed by atoms with Gasteiger partial charge in [-0.1, -0.05) is 19.9 Å². The molecule has 1 aliphatic heterocycles. The summed E-state index contributed by atoms with van der Waals surface area (Å²) in [6, 6.07) is 5.43. The van der Waals surface area contributed by atoms with Crippen LogP contribution in [0.3, 0.4) is 0 Å². The molecule has 8 heteroatoms. The number of sulfone groups is 1. The van der Waals surface area contributed by atoms with Gasteiger partial charge >= 0.3 is 0 Å². The van der Waals surface area contributed by atoms with Crippen molar-refractivity contribution in [1.29, 1.82) is 0 Å². The van der Waals surface area contributed by atoms with Crippen LogP contribution in [0.2, 0.25) is 0 Å². The molecule has 0 aliphatic carbocycles. The van der Waals surface area contributed by atoms with Gasteiger partial charge in [0.2, 0.25) is 5.91 Å². The molecule has 2 aromatic rings. The number of pyridine rings is 1. The van der Waals surface area contributed by atoms with Crippen molar-refractivity contribution in [1.82, 2.24) is 19.9 Å². The van der Waals surface area contributed by atoms with Gasteiger partial charge in [-0.25, -0.2) is 18.4 Å². The molecular weight excluding hydrogens is 376 g/mol. The van der Waals surface area contributed by atoms with E-state index in [2.05, 4.69) is 15.0 Å². The quantitative estimate of drug-likeness (QED) is 0.763. The van der Waals surface area contributed by atoms with Gasteiger partial charge < -0.3 is 4.90 Å². The molecule has 0 bridgehead atoms. The van der Waals surface area contributed by atoms with Crippen LogP contribution in [0.1, 0.15) is 44.7 Å². The summed E-state index contributed by atoms with van der Waals surface area (Å²) >= 11 is 0. The van der Waals surface area contributed by atoms with Crippen LogP contribution in [0.25, 0.3) is 11.5 Å². The van der Waals surface area contributed by atoms with Crippen molar-refractivity contribution >= 4 is 15.7 Å². The molecule has 1 atom stereocenters. The Morgan fingerprint density at radius 1 is 1.29 bits per heavy atom. The van der Waals surface area contributed by atoms with Gasteiger partial charge in [-0.3, -0.25) is 9.78 Å². The Bertz CT molecular complexity index is 945. The number of nitrogens with zero attached hydrogens (tertiary/aromatic N) is 4. The number of hydrogen-bond donors (Lipinski definition) is 0. The molecule has 3 rings (SSSR count). The molecule has 1 fully saturated rings. The predicted molar refractivity (Wildman–Crippen MR) is 106 cm³/mol. The molecule has 28 heavy (non-hydrogen) atoms. The first-order chi connectivity index (χ1) is 13.3. The van der Waals surface area contributed by atoms with Gasteiger partial charge in [0.25, 0.3) is 0 Å². The summed E-state index contributed by atoms with van der Waals surface area (Å²) in [4.78, 5) is 27.6. The summed E-state index contributed by atoms with van der Waals surface area (Å²) in [5.41, 5.74) is 1.08. The van der Waals surface area contributed by atoms with Gasteiger partial charge in [-0.05, 0) is 30.9 Å². The SMILES string of the molecule is CC(C)CC(=O)N1CCC[C@@H](c2nc(-c3ccccn3)ncc2S(C)(=O)=O)C1. The Kier molecular flexibility index (Phi) is 6.07. The summed E-state index contributed by atoms with van der Waals surface area (Å²) in [5.74, 6) is 0.655. The van der Waals surface area contributed by atoms with Gasteiger partial charge in [-0.15, -0.1) is 0 Å². The van der Waals surface area contributed by atoms with Crippen molar-refractivity contribution in [2.24, 2.45) is 5.92 Å². The fourth-order valence-electron chi connectivity index (χ4n) is 3.49. The van der Waals surface area contributed by atoms with Crippen LogP contribution in [0.15, 0.2) is 35.5 Å². The highest BCUT2D eigenvalue weighted by Gasteiger charge is 2.30. The first kappa shape index (κ1) is 20.4. The molecule has 1 aliphatic rings. The van der Waals surface area contributed by atoms with Gasteiger partial charge in [0.15, 0.2) is 15.7 Å². The van der Waals surface area contributed by atoms with Gasteiger partial charge in [0, 0.05) is 44.1 Å². The van der Waals surface area contributed by atoms with Gasteiger partial charge in [0.05, 0.1) is 5.69 Å². The number of rotatable bonds is 5. The summed E-state index contributed by atoms with van der Waals surface area (Å²) in [6.07, 6.45) is 6.29. The van der Waals surface area contributed by atoms with Crippen molar-refractivity contribution < 1.29 is 13.2 Å². The summed E-state index contributed by atoms with van der Waals surface area (Å²) < 4.78 is 24.7. The monoisotopic (exact) mass is 402 g/mol. The highest BCUT2D eigenvalue weighted by molar-refractivity contribution is 7.90. The molecule has 1 saturated heterocycles. The van der Waals surface area contributed by atoms with Gasteiger partial charge in [0.1, 0.15) is 10.6 Å². The Morgan fingerprint density at radius 2 is 2.07 bits per heavy atom. The molecule has 1 amide bonds. The van der Waals surface area contributed by atoms with Crippen LogP contribution in [-0.4, -0.2) is 53.5 Å². The summed E-state index contributed by atoms with van der Waals surface area (Å²) in [5, 5.41) is 0. The lowest BCUT2D eigenvalue weighted by Crippen LogP contribution is -2.40. The molecule has 0 radical (unpaired) electrons. The zero-order valence-electron chi connectivity index (χ0n) is 16.5. The van der Waals surface area contributed by atoms with E-state index >= 15 is 0 Å².